The number of aromatic nitrogens is 2. The summed E-state index contributed by atoms with van der Waals surface area (Å²) < 4.78 is 1.11. The van der Waals surface area contributed by atoms with E-state index in [0.29, 0.717) is 0 Å². The molecule has 0 radical (unpaired) electrons. The largest absolute Gasteiger partial charge is 0.399 e. The number of nitrogens with two attached hydrogens (primary N) is 1. The zero-order chi connectivity index (χ0) is 14.4. The third-order valence-electron chi connectivity index (χ3n) is 3.49. The van der Waals surface area contributed by atoms with Crippen LogP contribution in [0.3, 0.4) is 0 Å². The van der Waals surface area contributed by atoms with Gasteiger partial charge in [0.25, 0.3) is 0 Å². The number of nitrogens with zero attached hydrogens (tertiary/aromatic N) is 2. The normalized spacial score (nSPS) is 11.3. The van der Waals surface area contributed by atoms with Gasteiger partial charge >= 0.3 is 0 Å². The first kappa shape index (κ1) is 12.3. The number of hydrogen-bond donors (Lipinski definition) is 1. The van der Waals surface area contributed by atoms with Crippen LogP contribution in [-0.4, -0.2) is 9.97 Å². The van der Waals surface area contributed by atoms with Crippen LogP contribution in [0, 0.1) is 6.92 Å². The summed E-state index contributed by atoms with van der Waals surface area (Å²) in [4.78, 5) is 9.34. The average Bonchev–Trinajstić information content (AvgIpc) is 2.89. The minimum atomic E-state index is 0.772. The number of benzene rings is 2. The second-order valence-corrected chi connectivity index (χ2v) is 6.11. The van der Waals surface area contributed by atoms with E-state index in [1.54, 1.807) is 11.3 Å². The highest BCUT2D eigenvalue weighted by Gasteiger charge is 2.11. The van der Waals surface area contributed by atoms with Crippen molar-refractivity contribution >= 4 is 38.1 Å². The molecule has 0 aliphatic rings. The highest BCUT2D eigenvalue weighted by Crippen LogP contribution is 2.35. The van der Waals surface area contributed by atoms with Crippen LogP contribution in [0.2, 0.25) is 0 Å². The zero-order valence-electron chi connectivity index (χ0n) is 11.5. The van der Waals surface area contributed by atoms with Crippen molar-refractivity contribution in [2.75, 3.05) is 5.73 Å². The lowest BCUT2D eigenvalue weighted by Crippen LogP contribution is -1.87. The van der Waals surface area contributed by atoms with Crippen molar-refractivity contribution in [1.29, 1.82) is 0 Å². The van der Waals surface area contributed by atoms with Crippen molar-refractivity contribution in [3.05, 3.63) is 54.2 Å². The minimum Gasteiger partial charge on any atom is -0.399 e. The number of hydrogen-bond acceptors (Lipinski definition) is 4. The molecule has 0 spiro atoms. The number of para-hydroxylation sites is 1. The number of rotatable bonds is 1. The number of anilines is 1. The molecule has 4 rings (SSSR count). The van der Waals surface area contributed by atoms with E-state index in [-0.39, 0.29) is 0 Å². The molecule has 21 heavy (non-hydrogen) atoms. The Labute approximate surface area is 126 Å². The number of nitrogen functional groups attached to an aromatic ring is 1. The van der Waals surface area contributed by atoms with E-state index in [0.717, 1.165) is 43.1 Å². The van der Waals surface area contributed by atoms with Crippen molar-refractivity contribution in [2.45, 2.75) is 6.92 Å². The molecule has 3 nitrogen and oxygen atoms in total. The summed E-state index contributed by atoms with van der Waals surface area (Å²) in [5.74, 6) is 0. The minimum absolute atomic E-state index is 0.772. The van der Waals surface area contributed by atoms with Crippen molar-refractivity contribution in [3.8, 4) is 10.6 Å². The first-order valence-electron chi connectivity index (χ1n) is 6.73. The molecule has 0 unspecified atom stereocenters. The fourth-order valence-corrected chi connectivity index (χ4v) is 3.59. The van der Waals surface area contributed by atoms with Crippen LogP contribution >= 0.6 is 11.3 Å². The quantitative estimate of drug-likeness (QED) is 0.529. The van der Waals surface area contributed by atoms with E-state index < -0.39 is 0 Å². The molecule has 0 aliphatic heterocycles. The summed E-state index contributed by atoms with van der Waals surface area (Å²) in [7, 11) is 0. The van der Waals surface area contributed by atoms with Gasteiger partial charge in [0.05, 0.1) is 15.7 Å². The number of fused-ring (bicyclic) bond motifs is 2. The molecule has 2 N–H and O–H groups in total. The molecule has 0 atom stereocenters. The van der Waals surface area contributed by atoms with Gasteiger partial charge in [-0.2, -0.15) is 0 Å². The first-order chi connectivity index (χ1) is 10.2. The second kappa shape index (κ2) is 4.53. The maximum Gasteiger partial charge on any atom is 0.125 e. The molecule has 0 fully saturated rings. The third-order valence-corrected chi connectivity index (χ3v) is 4.54. The summed E-state index contributed by atoms with van der Waals surface area (Å²) in [5, 5.41) is 2.15. The molecule has 2 aromatic carbocycles. The third kappa shape index (κ3) is 2.04. The van der Waals surface area contributed by atoms with Crippen LogP contribution < -0.4 is 5.73 Å². The molecule has 2 aromatic heterocycles. The lowest BCUT2D eigenvalue weighted by atomic mass is 10.1. The summed E-state index contributed by atoms with van der Waals surface area (Å²) in [5.41, 5.74) is 10.8. The lowest BCUT2D eigenvalue weighted by Gasteiger charge is -2.04. The molecular formula is C17H13N3S. The number of pyridine rings is 1. The van der Waals surface area contributed by atoms with E-state index in [1.807, 2.05) is 43.3 Å². The highest BCUT2D eigenvalue weighted by atomic mass is 32.1. The average molecular weight is 291 g/mol. The van der Waals surface area contributed by atoms with Gasteiger partial charge in [0, 0.05) is 22.3 Å². The van der Waals surface area contributed by atoms with E-state index in [2.05, 4.69) is 17.1 Å². The second-order valence-electron chi connectivity index (χ2n) is 5.07. The van der Waals surface area contributed by atoms with Gasteiger partial charge in [-0.25, -0.2) is 4.98 Å². The van der Waals surface area contributed by atoms with E-state index in [9.17, 15) is 0 Å². The van der Waals surface area contributed by atoms with E-state index in [1.165, 1.54) is 0 Å². The Bertz CT molecular complexity index is 972. The van der Waals surface area contributed by atoms with Gasteiger partial charge in [0.1, 0.15) is 5.01 Å². The van der Waals surface area contributed by atoms with Gasteiger partial charge in [0.15, 0.2) is 0 Å². The molecule has 102 valence electrons. The van der Waals surface area contributed by atoms with Crippen LogP contribution in [0.25, 0.3) is 31.7 Å². The smallest absolute Gasteiger partial charge is 0.125 e. The summed E-state index contributed by atoms with van der Waals surface area (Å²) in [6.45, 7) is 2.02. The monoisotopic (exact) mass is 291 g/mol. The van der Waals surface area contributed by atoms with E-state index >= 15 is 0 Å². The Morgan fingerprint density at radius 1 is 0.952 bits per heavy atom. The maximum atomic E-state index is 5.86. The Hall–Kier alpha value is -2.46. The van der Waals surface area contributed by atoms with Crippen molar-refractivity contribution in [1.82, 2.24) is 9.97 Å². The first-order valence-corrected chi connectivity index (χ1v) is 7.55. The molecule has 0 bridgehead atoms. The SMILES string of the molecule is Cc1cc(-c2nc3ccc(N)cc3s2)c2ccccc2n1. The van der Waals surface area contributed by atoms with Gasteiger partial charge in [-0.15, -0.1) is 11.3 Å². The van der Waals surface area contributed by atoms with Crippen LogP contribution in [0.15, 0.2) is 48.5 Å². The Morgan fingerprint density at radius 3 is 2.71 bits per heavy atom. The van der Waals surface area contributed by atoms with E-state index in [4.69, 9.17) is 10.7 Å². The van der Waals surface area contributed by atoms with Gasteiger partial charge < -0.3 is 5.73 Å². The van der Waals surface area contributed by atoms with Gasteiger partial charge in [-0.1, -0.05) is 18.2 Å². The zero-order valence-corrected chi connectivity index (χ0v) is 12.3. The Kier molecular flexibility index (Phi) is 2.65. The summed E-state index contributed by atoms with van der Waals surface area (Å²) in [6.07, 6.45) is 0. The maximum absolute atomic E-state index is 5.86. The van der Waals surface area contributed by atoms with Crippen molar-refractivity contribution < 1.29 is 0 Å². The fraction of sp³-hybridized carbons (Fsp3) is 0.0588. The van der Waals surface area contributed by atoms with Crippen molar-refractivity contribution in [2.24, 2.45) is 0 Å². The van der Waals surface area contributed by atoms with Gasteiger partial charge in [0.2, 0.25) is 0 Å². The van der Waals surface area contributed by atoms with Crippen LogP contribution in [0.4, 0.5) is 5.69 Å². The highest BCUT2D eigenvalue weighted by molar-refractivity contribution is 7.21. The molecule has 4 aromatic rings. The molecule has 2 heterocycles. The van der Waals surface area contributed by atoms with Crippen molar-refractivity contribution in [3.63, 3.8) is 0 Å². The predicted octanol–water partition coefficient (Wildman–Crippen LogP) is 4.40. The lowest BCUT2D eigenvalue weighted by molar-refractivity contribution is 1.25. The molecular weight excluding hydrogens is 278 g/mol. The molecule has 0 amide bonds. The Morgan fingerprint density at radius 2 is 1.81 bits per heavy atom. The van der Waals surface area contributed by atoms with Gasteiger partial charge in [-0.3, -0.25) is 4.98 Å². The topological polar surface area (TPSA) is 51.8 Å². The standard InChI is InChI=1S/C17H13N3S/c1-10-8-13(12-4-2-3-5-14(12)19-10)17-20-15-7-6-11(18)9-16(15)21-17/h2-9H,18H2,1H3. The summed E-state index contributed by atoms with van der Waals surface area (Å²) >= 11 is 1.67. The fourth-order valence-electron chi connectivity index (χ4n) is 2.54. The molecule has 4 heteroatoms. The molecule has 0 aliphatic carbocycles. The molecule has 0 saturated heterocycles. The number of aryl methyl sites for hydroxylation is 1. The van der Waals surface area contributed by atoms with Crippen LogP contribution in [0.5, 0.6) is 0 Å². The summed E-state index contributed by atoms with van der Waals surface area (Å²) in [6, 6.07) is 16.1. The van der Waals surface area contributed by atoms with Gasteiger partial charge in [-0.05, 0) is 37.3 Å². The Balaban J connectivity index is 2.03. The number of thiazole rings is 1. The molecule has 0 saturated carbocycles. The van der Waals surface area contributed by atoms with Crippen LogP contribution in [-0.2, 0) is 0 Å². The van der Waals surface area contributed by atoms with Crippen LogP contribution in [0.1, 0.15) is 5.69 Å². The predicted molar refractivity (Wildman–Crippen MR) is 89.5 cm³/mol.